The van der Waals surface area contributed by atoms with Gasteiger partial charge in [0.2, 0.25) is 0 Å². The van der Waals surface area contributed by atoms with Crippen molar-refractivity contribution in [3.63, 3.8) is 0 Å². The maximum atomic E-state index is 10.9. The molecule has 0 amide bonds. The summed E-state index contributed by atoms with van der Waals surface area (Å²) in [6.07, 6.45) is 0. The molecule has 0 aliphatic heterocycles. The Morgan fingerprint density at radius 1 is 0.905 bits per heavy atom. The molecule has 3 aromatic rings. The maximum absolute atomic E-state index is 10.9. The molecule has 0 unspecified atom stereocenters. The number of pyridine rings is 1. The van der Waals surface area contributed by atoms with Gasteiger partial charge in [-0.15, -0.1) is 0 Å². The molecule has 0 aliphatic rings. The third kappa shape index (κ3) is 2.55. The molecular formula is C19H19NO. The highest BCUT2D eigenvalue weighted by molar-refractivity contribution is 5.78. The second-order valence-corrected chi connectivity index (χ2v) is 5.66. The third-order valence-electron chi connectivity index (χ3n) is 4.27. The Bertz CT molecular complexity index is 750. The molecule has 0 aliphatic carbocycles. The van der Waals surface area contributed by atoms with Gasteiger partial charge in [0, 0.05) is 17.0 Å². The van der Waals surface area contributed by atoms with E-state index in [1.807, 2.05) is 74.5 Å². The number of hydrogen-bond donors (Lipinski definition) is 1. The van der Waals surface area contributed by atoms with E-state index in [-0.39, 0.29) is 5.92 Å². The molecule has 0 radical (unpaired) electrons. The quantitative estimate of drug-likeness (QED) is 0.776. The van der Waals surface area contributed by atoms with E-state index in [9.17, 15) is 5.11 Å². The minimum atomic E-state index is -0.948. The SMILES string of the molecule is C[C@@H](c1ccc2ccccc2n1)[C@](C)(O)c1ccccc1. The zero-order valence-electron chi connectivity index (χ0n) is 12.3. The number of hydrogen-bond acceptors (Lipinski definition) is 2. The summed E-state index contributed by atoms with van der Waals surface area (Å²) in [5, 5.41) is 12.1. The molecule has 0 bridgehead atoms. The van der Waals surface area contributed by atoms with Crippen molar-refractivity contribution in [3.8, 4) is 0 Å². The second kappa shape index (κ2) is 5.30. The number of para-hydroxylation sites is 1. The van der Waals surface area contributed by atoms with Gasteiger partial charge < -0.3 is 5.11 Å². The maximum Gasteiger partial charge on any atom is 0.0949 e. The minimum absolute atomic E-state index is 0.0930. The molecule has 0 spiro atoms. The fourth-order valence-corrected chi connectivity index (χ4v) is 2.64. The van der Waals surface area contributed by atoms with Gasteiger partial charge in [0.05, 0.1) is 11.1 Å². The standard InChI is InChI=1S/C19H19NO/c1-14(19(2,21)16-9-4-3-5-10-16)17-13-12-15-8-6-7-11-18(15)20-17/h3-14,21H,1-2H3/t14-,19-/m0/s1. The second-order valence-electron chi connectivity index (χ2n) is 5.66. The topological polar surface area (TPSA) is 33.1 Å². The molecule has 3 rings (SSSR count). The predicted octanol–water partition coefficient (Wildman–Crippen LogP) is 4.25. The van der Waals surface area contributed by atoms with Crippen LogP contribution < -0.4 is 0 Å². The summed E-state index contributed by atoms with van der Waals surface area (Å²) >= 11 is 0. The van der Waals surface area contributed by atoms with E-state index in [1.165, 1.54) is 0 Å². The zero-order valence-corrected chi connectivity index (χ0v) is 12.3. The molecule has 1 aromatic heterocycles. The first kappa shape index (κ1) is 13.8. The van der Waals surface area contributed by atoms with Crippen molar-refractivity contribution in [2.75, 3.05) is 0 Å². The minimum Gasteiger partial charge on any atom is -0.385 e. The van der Waals surface area contributed by atoms with Crippen LogP contribution in [0.5, 0.6) is 0 Å². The van der Waals surface area contributed by atoms with Gasteiger partial charge in [-0.3, -0.25) is 4.98 Å². The monoisotopic (exact) mass is 277 g/mol. The highest BCUT2D eigenvalue weighted by Crippen LogP contribution is 2.35. The van der Waals surface area contributed by atoms with Crippen LogP contribution in [-0.4, -0.2) is 10.1 Å². The lowest BCUT2D eigenvalue weighted by Gasteiger charge is -2.30. The van der Waals surface area contributed by atoms with Crippen LogP contribution in [0.25, 0.3) is 10.9 Å². The molecule has 21 heavy (non-hydrogen) atoms. The molecule has 0 saturated carbocycles. The van der Waals surface area contributed by atoms with Crippen LogP contribution >= 0.6 is 0 Å². The molecule has 1 heterocycles. The highest BCUT2D eigenvalue weighted by Gasteiger charge is 2.32. The van der Waals surface area contributed by atoms with Gasteiger partial charge in [0.1, 0.15) is 0 Å². The van der Waals surface area contributed by atoms with Gasteiger partial charge in [-0.2, -0.15) is 0 Å². The average molecular weight is 277 g/mol. The van der Waals surface area contributed by atoms with Crippen LogP contribution in [0.15, 0.2) is 66.7 Å². The lowest BCUT2D eigenvalue weighted by Crippen LogP contribution is -2.28. The molecule has 1 N–H and O–H groups in total. The van der Waals surface area contributed by atoms with Crippen molar-refractivity contribution in [1.29, 1.82) is 0 Å². The summed E-state index contributed by atoms with van der Waals surface area (Å²) in [5.74, 6) is -0.0930. The van der Waals surface area contributed by atoms with E-state index < -0.39 is 5.60 Å². The number of fused-ring (bicyclic) bond motifs is 1. The van der Waals surface area contributed by atoms with E-state index in [2.05, 4.69) is 6.07 Å². The van der Waals surface area contributed by atoms with Gasteiger partial charge in [-0.25, -0.2) is 0 Å². The van der Waals surface area contributed by atoms with Crippen LogP contribution in [0, 0.1) is 0 Å². The Kier molecular flexibility index (Phi) is 3.48. The van der Waals surface area contributed by atoms with E-state index in [0.29, 0.717) is 0 Å². The first-order chi connectivity index (χ1) is 10.1. The first-order valence-corrected chi connectivity index (χ1v) is 7.22. The van der Waals surface area contributed by atoms with Crippen molar-refractivity contribution in [3.05, 3.63) is 78.0 Å². The fraction of sp³-hybridized carbons (Fsp3) is 0.211. The third-order valence-corrected chi connectivity index (χ3v) is 4.27. The fourth-order valence-electron chi connectivity index (χ4n) is 2.64. The number of nitrogens with zero attached hydrogens (tertiary/aromatic N) is 1. The van der Waals surface area contributed by atoms with Crippen LogP contribution in [-0.2, 0) is 5.60 Å². The van der Waals surface area contributed by atoms with Crippen molar-refractivity contribution in [2.45, 2.75) is 25.4 Å². The number of aromatic nitrogens is 1. The molecule has 0 fully saturated rings. The van der Waals surface area contributed by atoms with Crippen LogP contribution in [0.3, 0.4) is 0 Å². The van der Waals surface area contributed by atoms with E-state index in [0.717, 1.165) is 22.2 Å². The smallest absolute Gasteiger partial charge is 0.0949 e. The summed E-state index contributed by atoms with van der Waals surface area (Å²) in [6.45, 7) is 3.87. The molecule has 106 valence electrons. The van der Waals surface area contributed by atoms with Crippen LogP contribution in [0.1, 0.15) is 31.0 Å². The van der Waals surface area contributed by atoms with Gasteiger partial charge in [-0.1, -0.05) is 61.5 Å². The summed E-state index contributed by atoms with van der Waals surface area (Å²) in [6, 6.07) is 21.9. The normalized spacial score (nSPS) is 15.6. The summed E-state index contributed by atoms with van der Waals surface area (Å²) < 4.78 is 0. The van der Waals surface area contributed by atoms with Gasteiger partial charge in [0.15, 0.2) is 0 Å². The molecule has 2 aromatic carbocycles. The molecule has 2 nitrogen and oxygen atoms in total. The Labute approximate surface area is 125 Å². The number of rotatable bonds is 3. The first-order valence-electron chi connectivity index (χ1n) is 7.22. The van der Waals surface area contributed by atoms with Gasteiger partial charge in [0.25, 0.3) is 0 Å². The van der Waals surface area contributed by atoms with E-state index in [4.69, 9.17) is 4.98 Å². The summed E-state index contributed by atoms with van der Waals surface area (Å²) in [4.78, 5) is 4.71. The number of benzene rings is 2. The molecule has 2 atom stereocenters. The summed E-state index contributed by atoms with van der Waals surface area (Å²) in [5.41, 5.74) is 1.83. The van der Waals surface area contributed by atoms with E-state index >= 15 is 0 Å². The van der Waals surface area contributed by atoms with Gasteiger partial charge in [-0.05, 0) is 24.6 Å². The van der Waals surface area contributed by atoms with Crippen molar-refractivity contribution < 1.29 is 5.11 Å². The average Bonchev–Trinajstić information content (AvgIpc) is 2.54. The van der Waals surface area contributed by atoms with E-state index in [1.54, 1.807) is 0 Å². The largest absolute Gasteiger partial charge is 0.385 e. The Hall–Kier alpha value is -2.19. The van der Waals surface area contributed by atoms with Crippen LogP contribution in [0.2, 0.25) is 0 Å². The zero-order chi connectivity index (χ0) is 14.9. The molecule has 2 heteroatoms. The number of aliphatic hydroxyl groups is 1. The predicted molar refractivity (Wildman–Crippen MR) is 86.2 cm³/mol. The Morgan fingerprint density at radius 2 is 1.57 bits per heavy atom. The molecule has 0 saturated heterocycles. The Morgan fingerprint density at radius 3 is 2.33 bits per heavy atom. The highest BCUT2D eigenvalue weighted by atomic mass is 16.3. The van der Waals surface area contributed by atoms with Crippen molar-refractivity contribution in [2.24, 2.45) is 0 Å². The van der Waals surface area contributed by atoms with Crippen LogP contribution in [0.4, 0.5) is 0 Å². The van der Waals surface area contributed by atoms with Crippen molar-refractivity contribution in [1.82, 2.24) is 4.98 Å². The lowest BCUT2D eigenvalue weighted by atomic mass is 9.82. The summed E-state index contributed by atoms with van der Waals surface area (Å²) in [7, 11) is 0. The van der Waals surface area contributed by atoms with Gasteiger partial charge >= 0.3 is 0 Å². The Balaban J connectivity index is 2.01. The lowest BCUT2D eigenvalue weighted by molar-refractivity contribution is 0.0312. The van der Waals surface area contributed by atoms with Crippen molar-refractivity contribution >= 4 is 10.9 Å². The molecular weight excluding hydrogens is 258 g/mol.